The highest BCUT2D eigenvalue weighted by Crippen LogP contribution is 2.41. The Kier molecular flexibility index (Phi) is 8.00. The molecule has 204 valence electrons. The largest absolute Gasteiger partial charge is 0.497 e. The van der Waals surface area contributed by atoms with Gasteiger partial charge in [-0.15, -0.1) is 0 Å². The topological polar surface area (TPSA) is 141 Å². The van der Waals surface area contributed by atoms with Crippen molar-refractivity contribution in [3.05, 3.63) is 35.5 Å². The molecule has 12 heteroatoms. The van der Waals surface area contributed by atoms with E-state index in [0.717, 1.165) is 28.8 Å². The SMILES string of the molecule is COc1ccc2c(c1)CCc1cnn([C@H]3O[C@@H](COC(C)=O)[C@H](OC(C)=O)[C@@H](OC(C)=O)[C@@H]3OC(C)=O)c1-2. The van der Waals surface area contributed by atoms with Crippen LogP contribution in [-0.4, -0.2) is 71.8 Å². The highest BCUT2D eigenvalue weighted by Gasteiger charge is 2.53. The second-order valence-electron chi connectivity index (χ2n) is 9.08. The molecule has 5 atom stereocenters. The molecule has 0 spiro atoms. The zero-order valence-corrected chi connectivity index (χ0v) is 21.8. The molecule has 1 aromatic heterocycles. The van der Waals surface area contributed by atoms with E-state index in [1.165, 1.54) is 27.7 Å². The third kappa shape index (κ3) is 5.64. The second-order valence-corrected chi connectivity index (χ2v) is 9.08. The molecule has 0 radical (unpaired) electrons. The Bertz CT molecular complexity index is 1240. The van der Waals surface area contributed by atoms with Crippen LogP contribution in [-0.2, 0) is 55.7 Å². The van der Waals surface area contributed by atoms with Crippen molar-refractivity contribution in [1.29, 1.82) is 0 Å². The van der Waals surface area contributed by atoms with Crippen molar-refractivity contribution in [2.45, 2.75) is 71.2 Å². The summed E-state index contributed by atoms with van der Waals surface area (Å²) in [5.41, 5.74) is 3.59. The second kappa shape index (κ2) is 11.2. The maximum Gasteiger partial charge on any atom is 0.303 e. The van der Waals surface area contributed by atoms with E-state index in [9.17, 15) is 19.2 Å². The van der Waals surface area contributed by atoms with Crippen LogP contribution in [0.15, 0.2) is 24.4 Å². The van der Waals surface area contributed by atoms with E-state index in [2.05, 4.69) is 5.10 Å². The van der Waals surface area contributed by atoms with Gasteiger partial charge in [0.15, 0.2) is 24.5 Å². The standard InChI is InChI=1S/C26H30N2O10/c1-13(29)34-12-21-23(35-14(2)30)24(36-15(3)31)25(37-16(4)32)26(38-21)28-22-18(11-27-28)7-6-17-10-19(33-5)8-9-20(17)22/h8-11,21,23-26H,6-7,12H2,1-5H3/t21-,23-,24+,25-,26-/m0/s1. The fourth-order valence-electron chi connectivity index (χ4n) is 4.88. The number of hydrogen-bond acceptors (Lipinski definition) is 11. The highest BCUT2D eigenvalue weighted by atomic mass is 16.7. The molecule has 0 N–H and O–H groups in total. The molecule has 1 aromatic carbocycles. The van der Waals surface area contributed by atoms with Crippen LogP contribution < -0.4 is 4.74 Å². The summed E-state index contributed by atoms with van der Waals surface area (Å²) < 4.78 is 35.0. The van der Waals surface area contributed by atoms with Gasteiger partial charge in [-0.25, -0.2) is 4.68 Å². The first-order valence-electron chi connectivity index (χ1n) is 12.1. The number of nitrogens with zero attached hydrogens (tertiary/aromatic N) is 2. The number of esters is 4. The molecule has 2 heterocycles. The van der Waals surface area contributed by atoms with Gasteiger partial charge in [0, 0.05) is 33.3 Å². The van der Waals surface area contributed by atoms with Gasteiger partial charge in [0.2, 0.25) is 0 Å². The third-order valence-corrected chi connectivity index (χ3v) is 6.31. The van der Waals surface area contributed by atoms with Gasteiger partial charge in [0.1, 0.15) is 18.5 Å². The Hall–Kier alpha value is -3.93. The van der Waals surface area contributed by atoms with Crippen LogP contribution in [0.1, 0.15) is 45.0 Å². The van der Waals surface area contributed by atoms with Crippen molar-refractivity contribution >= 4 is 23.9 Å². The Balaban J connectivity index is 1.84. The molecule has 1 aliphatic carbocycles. The van der Waals surface area contributed by atoms with Gasteiger partial charge < -0.3 is 28.4 Å². The van der Waals surface area contributed by atoms with Gasteiger partial charge >= 0.3 is 23.9 Å². The maximum atomic E-state index is 12.2. The van der Waals surface area contributed by atoms with Crippen molar-refractivity contribution in [2.75, 3.05) is 13.7 Å². The van der Waals surface area contributed by atoms with Crippen molar-refractivity contribution in [2.24, 2.45) is 0 Å². The number of aromatic nitrogens is 2. The normalized spacial score (nSPS) is 23.9. The van der Waals surface area contributed by atoms with Gasteiger partial charge in [0.25, 0.3) is 0 Å². The summed E-state index contributed by atoms with van der Waals surface area (Å²) >= 11 is 0. The first-order valence-corrected chi connectivity index (χ1v) is 12.1. The van der Waals surface area contributed by atoms with E-state index in [1.54, 1.807) is 18.0 Å². The van der Waals surface area contributed by atoms with Crippen molar-refractivity contribution < 1.29 is 47.6 Å². The smallest absolute Gasteiger partial charge is 0.303 e. The molecule has 1 aliphatic heterocycles. The summed E-state index contributed by atoms with van der Waals surface area (Å²) in [6.07, 6.45) is -2.78. The van der Waals surface area contributed by atoms with Crippen LogP contribution in [0.4, 0.5) is 0 Å². The molecule has 1 fully saturated rings. The molecule has 0 amide bonds. The molecule has 4 rings (SSSR count). The summed E-state index contributed by atoms with van der Waals surface area (Å²) in [6, 6.07) is 5.69. The quantitative estimate of drug-likeness (QED) is 0.383. The molecule has 38 heavy (non-hydrogen) atoms. The molecule has 0 unspecified atom stereocenters. The Morgan fingerprint density at radius 1 is 0.895 bits per heavy atom. The molecular weight excluding hydrogens is 500 g/mol. The summed E-state index contributed by atoms with van der Waals surface area (Å²) in [7, 11) is 1.59. The molecule has 2 aliphatic rings. The van der Waals surface area contributed by atoms with Crippen LogP contribution in [0, 0.1) is 0 Å². The van der Waals surface area contributed by atoms with Gasteiger partial charge in [0.05, 0.1) is 19.0 Å². The number of benzene rings is 1. The van der Waals surface area contributed by atoms with Gasteiger partial charge in [-0.05, 0) is 42.2 Å². The summed E-state index contributed by atoms with van der Waals surface area (Å²) in [5, 5.41) is 4.56. The summed E-state index contributed by atoms with van der Waals surface area (Å²) in [4.78, 5) is 47.9. The Morgan fingerprint density at radius 3 is 2.16 bits per heavy atom. The molecule has 2 aromatic rings. The lowest BCUT2D eigenvalue weighted by Crippen LogP contribution is -2.60. The van der Waals surface area contributed by atoms with E-state index >= 15 is 0 Å². The number of aryl methyl sites for hydroxylation is 2. The number of hydrogen-bond donors (Lipinski definition) is 0. The molecular formula is C26H30N2O10. The number of methoxy groups -OCH3 is 1. The summed E-state index contributed by atoms with van der Waals surface area (Å²) in [6.45, 7) is 4.47. The van der Waals surface area contributed by atoms with E-state index in [4.69, 9.17) is 28.4 Å². The predicted octanol–water partition coefficient (Wildman–Crippen LogP) is 1.91. The minimum absolute atomic E-state index is 0.314. The summed E-state index contributed by atoms with van der Waals surface area (Å²) in [5.74, 6) is -1.94. The lowest BCUT2D eigenvalue weighted by Gasteiger charge is -2.44. The number of carbonyl (C=O) groups excluding carboxylic acids is 4. The minimum Gasteiger partial charge on any atom is -0.497 e. The zero-order valence-electron chi connectivity index (χ0n) is 21.8. The van der Waals surface area contributed by atoms with Crippen LogP contribution in [0.2, 0.25) is 0 Å². The lowest BCUT2D eigenvalue weighted by atomic mass is 9.89. The predicted molar refractivity (Wildman–Crippen MR) is 129 cm³/mol. The minimum atomic E-state index is -1.28. The third-order valence-electron chi connectivity index (χ3n) is 6.31. The van der Waals surface area contributed by atoms with Gasteiger partial charge in [-0.3, -0.25) is 19.2 Å². The van der Waals surface area contributed by atoms with E-state index in [1.807, 2.05) is 18.2 Å². The highest BCUT2D eigenvalue weighted by molar-refractivity contribution is 5.71. The number of rotatable bonds is 7. The monoisotopic (exact) mass is 530 g/mol. The number of ether oxygens (including phenoxy) is 6. The van der Waals surface area contributed by atoms with Crippen molar-refractivity contribution in [3.63, 3.8) is 0 Å². The van der Waals surface area contributed by atoms with E-state index in [0.29, 0.717) is 12.2 Å². The fourth-order valence-corrected chi connectivity index (χ4v) is 4.88. The van der Waals surface area contributed by atoms with Crippen LogP contribution in [0.5, 0.6) is 5.75 Å². The number of fused-ring (bicyclic) bond motifs is 3. The van der Waals surface area contributed by atoms with Crippen molar-refractivity contribution in [1.82, 2.24) is 9.78 Å². The van der Waals surface area contributed by atoms with Crippen LogP contribution >= 0.6 is 0 Å². The first kappa shape index (κ1) is 27.1. The molecule has 0 bridgehead atoms. The van der Waals surface area contributed by atoms with Gasteiger partial charge in [-0.1, -0.05) is 0 Å². The first-order chi connectivity index (χ1) is 18.1. The zero-order chi connectivity index (χ0) is 27.6. The number of carbonyl (C=O) groups is 4. The Morgan fingerprint density at radius 2 is 1.53 bits per heavy atom. The molecule has 0 saturated carbocycles. The average molecular weight is 531 g/mol. The van der Waals surface area contributed by atoms with Crippen LogP contribution in [0.25, 0.3) is 11.3 Å². The lowest BCUT2D eigenvalue weighted by molar-refractivity contribution is -0.270. The van der Waals surface area contributed by atoms with E-state index < -0.39 is 54.5 Å². The molecule has 12 nitrogen and oxygen atoms in total. The van der Waals surface area contributed by atoms with Gasteiger partial charge in [-0.2, -0.15) is 5.10 Å². The van der Waals surface area contributed by atoms with Crippen molar-refractivity contribution in [3.8, 4) is 17.0 Å². The van der Waals surface area contributed by atoms with Crippen LogP contribution in [0.3, 0.4) is 0 Å². The fraction of sp³-hybridized carbons (Fsp3) is 0.500. The van der Waals surface area contributed by atoms with E-state index in [-0.39, 0.29) is 6.61 Å². The Labute approximate surface area is 219 Å². The maximum absolute atomic E-state index is 12.2. The molecule has 1 saturated heterocycles. The average Bonchev–Trinajstić information content (AvgIpc) is 3.28.